The topological polar surface area (TPSA) is 107 Å². The number of nitrogens with one attached hydrogen (secondary N) is 1. The molecule has 134 valence electrons. The molecular weight excluding hydrogens is 354 g/mol. The van der Waals surface area contributed by atoms with Crippen LogP contribution in [0.4, 0.5) is 4.79 Å². The second-order valence-electron chi connectivity index (χ2n) is 5.65. The van der Waals surface area contributed by atoms with Crippen LogP contribution >= 0.6 is 11.3 Å². The van der Waals surface area contributed by atoms with Gasteiger partial charge in [0.15, 0.2) is 0 Å². The highest BCUT2D eigenvalue weighted by atomic mass is 32.2. The first-order chi connectivity index (χ1) is 11.3. The summed E-state index contributed by atoms with van der Waals surface area (Å²) in [6, 6.07) is 2.59. The van der Waals surface area contributed by atoms with Gasteiger partial charge in [0.1, 0.15) is 4.21 Å². The van der Waals surface area contributed by atoms with E-state index in [0.717, 1.165) is 0 Å². The van der Waals surface area contributed by atoms with Gasteiger partial charge in [-0.15, -0.1) is 11.3 Å². The Morgan fingerprint density at radius 1 is 1.50 bits per heavy atom. The number of sulfonamides is 1. The van der Waals surface area contributed by atoms with Crippen molar-refractivity contribution >= 4 is 33.4 Å². The maximum Gasteiger partial charge on any atom is 0.317 e. The number of thiophene rings is 1. The highest BCUT2D eigenvalue weighted by Gasteiger charge is 2.31. The van der Waals surface area contributed by atoms with Crippen LogP contribution in [0.25, 0.3) is 0 Å². The molecule has 1 fully saturated rings. The molecule has 10 heteroatoms. The Hall–Kier alpha value is -1.65. The van der Waals surface area contributed by atoms with Gasteiger partial charge in [0.25, 0.3) is 10.0 Å². The highest BCUT2D eigenvalue weighted by molar-refractivity contribution is 7.91. The van der Waals surface area contributed by atoms with Gasteiger partial charge in [-0.25, -0.2) is 13.2 Å². The molecule has 1 aliphatic rings. The Kier molecular flexibility index (Phi) is 6.19. The lowest BCUT2D eigenvalue weighted by atomic mass is 10.1. The van der Waals surface area contributed by atoms with E-state index in [9.17, 15) is 18.0 Å². The zero-order valence-corrected chi connectivity index (χ0v) is 15.0. The first-order valence-electron chi connectivity index (χ1n) is 7.58. The number of urea groups is 1. The number of carbonyl (C=O) groups excluding carboxylic acids is 1. The van der Waals surface area contributed by atoms with E-state index in [0.29, 0.717) is 23.6 Å². The van der Waals surface area contributed by atoms with Crippen LogP contribution in [0, 0.1) is 0 Å². The van der Waals surface area contributed by atoms with Crippen LogP contribution in [-0.2, 0) is 14.8 Å². The fraction of sp³-hybridized carbons (Fsp3) is 0.571. The summed E-state index contributed by atoms with van der Waals surface area (Å²) in [5.41, 5.74) is 0. The molecule has 0 bridgehead atoms. The maximum absolute atomic E-state index is 12.5. The Bertz CT molecular complexity index is 675. The number of carboxylic acid groups (broad SMARTS) is 1. The highest BCUT2D eigenvalue weighted by Crippen LogP contribution is 2.24. The molecule has 0 aromatic carbocycles. The van der Waals surface area contributed by atoms with Gasteiger partial charge in [0.05, 0.1) is 6.42 Å². The van der Waals surface area contributed by atoms with E-state index in [1.54, 1.807) is 17.5 Å². The van der Waals surface area contributed by atoms with E-state index in [4.69, 9.17) is 5.11 Å². The maximum atomic E-state index is 12.5. The van der Waals surface area contributed by atoms with Crippen molar-refractivity contribution in [1.82, 2.24) is 14.5 Å². The molecular formula is C14H21N3O5S2. The SMILES string of the molecule is CN(CCC(=O)O)C(=O)N[C@@H]1CCCN(S(=O)(=O)c2cccs2)C1. The molecule has 1 aromatic rings. The zero-order valence-electron chi connectivity index (χ0n) is 13.3. The van der Waals surface area contributed by atoms with Crippen LogP contribution in [0.2, 0.25) is 0 Å². The third-order valence-corrected chi connectivity index (χ3v) is 7.05. The van der Waals surface area contributed by atoms with E-state index >= 15 is 0 Å². The fourth-order valence-electron chi connectivity index (χ4n) is 2.47. The summed E-state index contributed by atoms with van der Waals surface area (Å²) >= 11 is 1.17. The van der Waals surface area contributed by atoms with Gasteiger partial charge in [-0.1, -0.05) is 6.07 Å². The molecule has 2 rings (SSSR count). The van der Waals surface area contributed by atoms with E-state index in [1.165, 1.54) is 27.6 Å². The van der Waals surface area contributed by atoms with Gasteiger partial charge in [-0.3, -0.25) is 4.79 Å². The van der Waals surface area contributed by atoms with Crippen LogP contribution in [-0.4, -0.2) is 67.5 Å². The second-order valence-corrected chi connectivity index (χ2v) is 8.76. The summed E-state index contributed by atoms with van der Waals surface area (Å²) in [5.74, 6) is -0.972. The van der Waals surface area contributed by atoms with Crippen LogP contribution in [0.3, 0.4) is 0 Å². The molecule has 2 heterocycles. The van der Waals surface area contributed by atoms with E-state index < -0.39 is 22.0 Å². The molecule has 0 unspecified atom stereocenters. The summed E-state index contributed by atoms with van der Waals surface area (Å²) in [6.07, 6.45) is 1.22. The molecule has 24 heavy (non-hydrogen) atoms. The van der Waals surface area contributed by atoms with Crippen molar-refractivity contribution in [2.24, 2.45) is 0 Å². The Labute approximate surface area is 145 Å². The van der Waals surface area contributed by atoms with Gasteiger partial charge in [0.2, 0.25) is 0 Å². The molecule has 0 saturated carbocycles. The first-order valence-corrected chi connectivity index (χ1v) is 9.89. The second kappa shape index (κ2) is 7.95. The number of nitrogens with zero attached hydrogens (tertiary/aromatic N) is 2. The number of hydrogen-bond donors (Lipinski definition) is 2. The molecule has 0 aliphatic carbocycles. The number of rotatable bonds is 6. The average Bonchev–Trinajstić information content (AvgIpc) is 3.08. The lowest BCUT2D eigenvalue weighted by Gasteiger charge is -2.33. The van der Waals surface area contributed by atoms with Crippen molar-refractivity contribution in [2.75, 3.05) is 26.7 Å². The average molecular weight is 375 g/mol. The molecule has 0 radical (unpaired) electrons. The lowest BCUT2D eigenvalue weighted by molar-refractivity contribution is -0.137. The Morgan fingerprint density at radius 3 is 2.88 bits per heavy atom. The predicted molar refractivity (Wildman–Crippen MR) is 89.5 cm³/mol. The number of amides is 2. The normalized spacial score (nSPS) is 19.0. The van der Waals surface area contributed by atoms with Crippen molar-refractivity contribution < 1.29 is 23.1 Å². The largest absolute Gasteiger partial charge is 0.481 e. The Morgan fingerprint density at radius 2 is 2.25 bits per heavy atom. The van der Waals surface area contributed by atoms with Crippen molar-refractivity contribution in [3.8, 4) is 0 Å². The minimum Gasteiger partial charge on any atom is -0.481 e. The summed E-state index contributed by atoms with van der Waals surface area (Å²) in [4.78, 5) is 23.9. The summed E-state index contributed by atoms with van der Waals surface area (Å²) < 4.78 is 26.8. The van der Waals surface area contributed by atoms with Gasteiger partial charge < -0.3 is 15.3 Å². The van der Waals surface area contributed by atoms with E-state index in [1.807, 2.05) is 0 Å². The van der Waals surface area contributed by atoms with Crippen LogP contribution < -0.4 is 5.32 Å². The number of hydrogen-bond acceptors (Lipinski definition) is 5. The quantitative estimate of drug-likeness (QED) is 0.772. The predicted octanol–water partition coefficient (Wildman–Crippen LogP) is 1.02. The molecule has 1 aromatic heterocycles. The molecule has 0 spiro atoms. The summed E-state index contributed by atoms with van der Waals surface area (Å²) in [6.45, 7) is 0.755. The smallest absolute Gasteiger partial charge is 0.317 e. The zero-order chi connectivity index (χ0) is 17.7. The number of piperidine rings is 1. The minimum absolute atomic E-state index is 0.102. The number of carbonyl (C=O) groups is 2. The molecule has 8 nitrogen and oxygen atoms in total. The number of aliphatic carboxylic acids is 1. The molecule has 1 aliphatic heterocycles. The molecule has 2 amide bonds. The van der Waals surface area contributed by atoms with Gasteiger partial charge >= 0.3 is 12.0 Å². The standard InChI is InChI=1S/C14H21N3O5S2/c1-16(8-6-12(18)19)14(20)15-11-4-2-7-17(10-11)24(21,22)13-5-3-9-23-13/h3,5,9,11H,2,4,6-8,10H2,1H3,(H,15,20)(H,18,19)/t11-/m1/s1. The summed E-state index contributed by atoms with van der Waals surface area (Å²) in [5, 5.41) is 13.1. The monoisotopic (exact) mass is 375 g/mol. The van der Waals surface area contributed by atoms with E-state index in [2.05, 4.69) is 5.32 Å². The van der Waals surface area contributed by atoms with Crippen molar-refractivity contribution in [2.45, 2.75) is 29.5 Å². The van der Waals surface area contributed by atoms with Gasteiger partial charge in [-0.05, 0) is 24.3 Å². The van der Waals surface area contributed by atoms with Crippen LogP contribution in [0.1, 0.15) is 19.3 Å². The van der Waals surface area contributed by atoms with Crippen molar-refractivity contribution in [1.29, 1.82) is 0 Å². The first kappa shape index (κ1) is 18.7. The molecule has 1 atom stereocenters. The third-order valence-electron chi connectivity index (χ3n) is 3.81. The third kappa shape index (κ3) is 4.68. The van der Waals surface area contributed by atoms with Gasteiger partial charge in [-0.2, -0.15) is 4.31 Å². The fourth-order valence-corrected chi connectivity index (χ4v) is 5.13. The van der Waals surface area contributed by atoms with Crippen molar-refractivity contribution in [3.05, 3.63) is 17.5 Å². The summed E-state index contributed by atoms with van der Waals surface area (Å²) in [7, 11) is -2.00. The lowest BCUT2D eigenvalue weighted by Crippen LogP contribution is -2.52. The van der Waals surface area contributed by atoms with Gasteiger partial charge in [0, 0.05) is 32.7 Å². The molecule has 1 saturated heterocycles. The van der Waals surface area contributed by atoms with Crippen LogP contribution in [0.15, 0.2) is 21.7 Å². The molecule has 2 N–H and O–H groups in total. The van der Waals surface area contributed by atoms with Crippen molar-refractivity contribution in [3.63, 3.8) is 0 Å². The van der Waals surface area contributed by atoms with E-state index in [-0.39, 0.29) is 25.6 Å². The van der Waals surface area contributed by atoms with Crippen LogP contribution in [0.5, 0.6) is 0 Å². The number of carboxylic acids is 1. The minimum atomic E-state index is -3.52. The Balaban J connectivity index is 1.93.